The summed E-state index contributed by atoms with van der Waals surface area (Å²) in [5.74, 6) is -0.623. The van der Waals surface area contributed by atoms with E-state index < -0.39 is 11.8 Å². The van der Waals surface area contributed by atoms with E-state index in [1.165, 1.54) is 18.2 Å². The smallest absolute Gasteiger partial charge is 0.266 e. The van der Waals surface area contributed by atoms with Crippen molar-refractivity contribution in [3.8, 4) is 17.6 Å². The lowest BCUT2D eigenvalue weighted by Crippen LogP contribution is -2.20. The van der Waals surface area contributed by atoms with Crippen LogP contribution in [0.4, 0.5) is 11.4 Å². The molecule has 38 heavy (non-hydrogen) atoms. The molecule has 0 heterocycles. The average molecular weight is 573 g/mol. The monoisotopic (exact) mass is 571 g/mol. The van der Waals surface area contributed by atoms with Crippen LogP contribution in [0, 0.1) is 25.2 Å². The minimum Gasteiger partial charge on any atom is -0.490 e. The summed E-state index contributed by atoms with van der Waals surface area (Å²) in [7, 11) is 0. The number of nitrogens with one attached hydrogen (secondary N) is 2. The van der Waals surface area contributed by atoms with Gasteiger partial charge in [0.15, 0.2) is 18.1 Å². The van der Waals surface area contributed by atoms with Gasteiger partial charge in [-0.2, -0.15) is 5.26 Å². The molecule has 0 aliphatic heterocycles. The highest BCUT2D eigenvalue weighted by Crippen LogP contribution is 2.37. The van der Waals surface area contributed by atoms with Gasteiger partial charge in [-0.15, -0.1) is 0 Å². The molecule has 0 spiro atoms. The number of nitriles is 1. The fourth-order valence-electron chi connectivity index (χ4n) is 3.44. The number of carbonyl (C=O) groups is 2. The van der Waals surface area contributed by atoms with E-state index in [-0.39, 0.29) is 35.3 Å². The van der Waals surface area contributed by atoms with Gasteiger partial charge >= 0.3 is 0 Å². The van der Waals surface area contributed by atoms with E-state index in [1.807, 2.05) is 32.0 Å². The molecule has 7 nitrogen and oxygen atoms in total. The van der Waals surface area contributed by atoms with E-state index in [9.17, 15) is 14.9 Å². The van der Waals surface area contributed by atoms with Gasteiger partial charge in [-0.3, -0.25) is 9.59 Å². The lowest BCUT2D eigenvalue weighted by Gasteiger charge is -2.15. The van der Waals surface area contributed by atoms with Gasteiger partial charge in [0.05, 0.1) is 21.7 Å². The Kier molecular flexibility index (Phi) is 10.0. The number of amides is 2. The van der Waals surface area contributed by atoms with Gasteiger partial charge in [0.2, 0.25) is 0 Å². The highest BCUT2D eigenvalue weighted by molar-refractivity contribution is 6.42. The maximum absolute atomic E-state index is 12.8. The van der Waals surface area contributed by atoms with Crippen LogP contribution >= 0.6 is 34.8 Å². The Bertz CT molecular complexity index is 1450. The second kappa shape index (κ2) is 13.2. The fraction of sp³-hybridized carbons (Fsp3) is 0.179. The van der Waals surface area contributed by atoms with E-state index in [4.69, 9.17) is 44.3 Å². The maximum atomic E-state index is 12.8. The average Bonchev–Trinajstić information content (AvgIpc) is 2.86. The second-order valence-electron chi connectivity index (χ2n) is 8.17. The fourth-order valence-corrected chi connectivity index (χ4v) is 4.01. The predicted octanol–water partition coefficient (Wildman–Crippen LogP) is 7.23. The minimum atomic E-state index is -0.562. The number of rotatable bonds is 9. The van der Waals surface area contributed by atoms with Crippen molar-refractivity contribution in [2.75, 3.05) is 23.8 Å². The molecule has 0 unspecified atom stereocenters. The van der Waals surface area contributed by atoms with E-state index in [0.717, 1.165) is 11.1 Å². The number of aryl methyl sites for hydroxylation is 2. The molecule has 0 bridgehead atoms. The van der Waals surface area contributed by atoms with Gasteiger partial charge in [-0.05, 0) is 74.4 Å². The Morgan fingerprint density at radius 2 is 1.71 bits per heavy atom. The van der Waals surface area contributed by atoms with Crippen molar-refractivity contribution in [2.45, 2.75) is 20.8 Å². The number of ether oxygens (including phenoxy) is 2. The molecule has 0 saturated carbocycles. The number of carbonyl (C=O) groups excluding carboxylic acids is 2. The number of nitrogens with zero attached hydrogens (tertiary/aromatic N) is 1. The summed E-state index contributed by atoms with van der Waals surface area (Å²) in [6.45, 7) is 5.52. The van der Waals surface area contributed by atoms with Gasteiger partial charge in [0.25, 0.3) is 11.8 Å². The van der Waals surface area contributed by atoms with Crippen LogP contribution in [0.1, 0.15) is 23.6 Å². The summed E-state index contributed by atoms with van der Waals surface area (Å²) in [6.07, 6.45) is 1.40. The minimum absolute atomic E-state index is 0.127. The van der Waals surface area contributed by atoms with Crippen molar-refractivity contribution in [3.05, 3.63) is 85.9 Å². The zero-order chi connectivity index (χ0) is 27.8. The Morgan fingerprint density at radius 1 is 0.947 bits per heavy atom. The van der Waals surface area contributed by atoms with Gasteiger partial charge in [-0.25, -0.2) is 0 Å². The number of hydrogen-bond acceptors (Lipinski definition) is 5. The van der Waals surface area contributed by atoms with Crippen LogP contribution in [-0.2, 0) is 9.59 Å². The zero-order valence-corrected chi connectivity index (χ0v) is 23.1. The number of benzene rings is 3. The van der Waals surface area contributed by atoms with Gasteiger partial charge in [-0.1, -0.05) is 52.5 Å². The molecule has 3 rings (SSSR count). The van der Waals surface area contributed by atoms with Crippen LogP contribution in [-0.4, -0.2) is 25.0 Å². The summed E-state index contributed by atoms with van der Waals surface area (Å²) in [6, 6.07) is 15.3. The molecule has 3 aromatic carbocycles. The topological polar surface area (TPSA) is 100 Å². The molecule has 0 aromatic heterocycles. The van der Waals surface area contributed by atoms with Crippen LogP contribution in [0.2, 0.25) is 15.1 Å². The normalized spacial score (nSPS) is 10.9. The standard InChI is InChI=1S/C28H24Cl3N3O4/c1-4-37-25-12-18(10-19(14-32)28(36)34-24-8-5-16(2)9-17(24)3)11-23(31)27(25)38-15-26(35)33-20-6-7-21(29)22(30)13-20/h5-13H,4,15H2,1-3H3,(H,33,35)(H,34,36)/b19-10+. The third kappa shape index (κ3) is 7.65. The van der Waals surface area contributed by atoms with Crippen LogP contribution in [0.15, 0.2) is 54.1 Å². The van der Waals surface area contributed by atoms with Crippen molar-refractivity contribution < 1.29 is 19.1 Å². The predicted molar refractivity (Wildman–Crippen MR) is 151 cm³/mol. The number of hydrogen-bond donors (Lipinski definition) is 2. The van der Waals surface area contributed by atoms with Crippen molar-refractivity contribution in [1.82, 2.24) is 0 Å². The Morgan fingerprint density at radius 3 is 2.37 bits per heavy atom. The lowest BCUT2D eigenvalue weighted by molar-refractivity contribution is -0.118. The Hall–Kier alpha value is -3.70. The van der Waals surface area contributed by atoms with Crippen LogP contribution in [0.3, 0.4) is 0 Å². The third-order valence-electron chi connectivity index (χ3n) is 5.19. The summed E-state index contributed by atoms with van der Waals surface area (Å²) in [5.41, 5.74) is 3.31. The number of halogens is 3. The molecule has 0 radical (unpaired) electrons. The molecule has 0 saturated heterocycles. The van der Waals surface area contributed by atoms with Gasteiger partial charge < -0.3 is 20.1 Å². The Balaban J connectivity index is 1.78. The molecular formula is C28H24Cl3N3O4. The maximum Gasteiger partial charge on any atom is 0.266 e. The van der Waals surface area contributed by atoms with Crippen LogP contribution in [0.25, 0.3) is 6.08 Å². The first kappa shape index (κ1) is 28.9. The molecule has 3 aromatic rings. The molecule has 0 fully saturated rings. The van der Waals surface area contributed by atoms with Crippen LogP contribution < -0.4 is 20.1 Å². The first-order chi connectivity index (χ1) is 18.1. The van der Waals surface area contributed by atoms with Crippen molar-refractivity contribution in [3.63, 3.8) is 0 Å². The second-order valence-corrected chi connectivity index (χ2v) is 9.39. The van der Waals surface area contributed by atoms with Crippen molar-refractivity contribution in [2.24, 2.45) is 0 Å². The van der Waals surface area contributed by atoms with Gasteiger partial charge in [0, 0.05) is 11.4 Å². The summed E-state index contributed by atoms with van der Waals surface area (Å²) >= 11 is 18.3. The first-order valence-corrected chi connectivity index (χ1v) is 12.6. The lowest BCUT2D eigenvalue weighted by atomic mass is 10.1. The van der Waals surface area contributed by atoms with Crippen LogP contribution in [0.5, 0.6) is 11.5 Å². The number of anilines is 2. The van der Waals surface area contributed by atoms with Crippen molar-refractivity contribution >= 4 is 64.1 Å². The molecule has 0 aliphatic rings. The third-order valence-corrected chi connectivity index (χ3v) is 6.21. The zero-order valence-electron chi connectivity index (χ0n) is 20.8. The molecular weight excluding hydrogens is 549 g/mol. The molecule has 0 aliphatic carbocycles. The van der Waals surface area contributed by atoms with E-state index in [1.54, 1.807) is 31.2 Å². The van der Waals surface area contributed by atoms with E-state index in [0.29, 0.717) is 27.0 Å². The summed E-state index contributed by atoms with van der Waals surface area (Å²) in [5, 5.41) is 15.8. The van der Waals surface area contributed by atoms with Gasteiger partial charge in [0.1, 0.15) is 11.6 Å². The Labute approximate surface area is 235 Å². The molecule has 2 amide bonds. The molecule has 10 heteroatoms. The molecule has 0 atom stereocenters. The summed E-state index contributed by atoms with van der Waals surface area (Å²) < 4.78 is 11.3. The quantitative estimate of drug-likeness (QED) is 0.208. The van der Waals surface area contributed by atoms with E-state index in [2.05, 4.69) is 10.6 Å². The largest absolute Gasteiger partial charge is 0.490 e. The molecule has 196 valence electrons. The highest BCUT2D eigenvalue weighted by Gasteiger charge is 2.17. The molecule has 2 N–H and O–H groups in total. The SMILES string of the molecule is CCOc1cc(/C=C(\C#N)C(=O)Nc2ccc(C)cc2C)cc(Cl)c1OCC(=O)Nc1ccc(Cl)c(Cl)c1. The van der Waals surface area contributed by atoms with E-state index >= 15 is 0 Å². The highest BCUT2D eigenvalue weighted by atomic mass is 35.5. The van der Waals surface area contributed by atoms with Crippen molar-refractivity contribution in [1.29, 1.82) is 5.26 Å². The first-order valence-electron chi connectivity index (χ1n) is 11.5. The summed E-state index contributed by atoms with van der Waals surface area (Å²) in [4.78, 5) is 25.2.